The normalized spacial score (nSPS) is 34.0. The lowest BCUT2D eigenvalue weighted by Gasteiger charge is -2.38. The van der Waals surface area contributed by atoms with Gasteiger partial charge in [0.1, 0.15) is 0 Å². The van der Waals surface area contributed by atoms with Crippen LogP contribution in [0.25, 0.3) is 0 Å². The van der Waals surface area contributed by atoms with Crippen molar-refractivity contribution >= 4 is 0 Å². The van der Waals surface area contributed by atoms with Crippen LogP contribution >= 0.6 is 0 Å². The van der Waals surface area contributed by atoms with Crippen molar-refractivity contribution in [2.75, 3.05) is 33.3 Å². The Balaban J connectivity index is 1.64. The van der Waals surface area contributed by atoms with Crippen molar-refractivity contribution in [1.82, 2.24) is 10.2 Å². The Bertz CT molecular complexity index is 229. The van der Waals surface area contributed by atoms with E-state index in [-0.39, 0.29) is 0 Å². The van der Waals surface area contributed by atoms with Crippen molar-refractivity contribution in [2.45, 2.75) is 57.6 Å². The van der Waals surface area contributed by atoms with Crippen LogP contribution in [-0.4, -0.2) is 50.3 Å². The molecule has 0 spiro atoms. The average molecular weight is 254 g/mol. The molecule has 3 heteroatoms. The molecule has 0 bridgehead atoms. The van der Waals surface area contributed by atoms with Crippen LogP contribution in [0.5, 0.6) is 0 Å². The molecule has 2 saturated heterocycles. The molecule has 3 atom stereocenters. The Labute approximate surface area is 112 Å². The molecule has 0 radical (unpaired) electrons. The molecule has 2 heterocycles. The summed E-state index contributed by atoms with van der Waals surface area (Å²) in [5.74, 6) is 0.839. The summed E-state index contributed by atoms with van der Waals surface area (Å²) < 4.78 is 5.69. The lowest BCUT2D eigenvalue weighted by molar-refractivity contribution is 0.0917. The predicted molar refractivity (Wildman–Crippen MR) is 75.9 cm³/mol. The second-order valence-electron chi connectivity index (χ2n) is 5.93. The van der Waals surface area contributed by atoms with Gasteiger partial charge < -0.3 is 15.0 Å². The lowest BCUT2D eigenvalue weighted by atomic mass is 9.90. The van der Waals surface area contributed by atoms with Gasteiger partial charge in [-0.15, -0.1) is 0 Å². The minimum absolute atomic E-state index is 0.571. The standard InChI is InChI=1S/C15H30N2O/c1-3-13-12-17(10-8-15(13)16-2)9-4-6-14-7-5-11-18-14/h13-16H,3-12H2,1-2H3. The summed E-state index contributed by atoms with van der Waals surface area (Å²) in [6.45, 7) is 7.15. The van der Waals surface area contributed by atoms with Crippen LogP contribution in [0.1, 0.15) is 45.4 Å². The highest BCUT2D eigenvalue weighted by molar-refractivity contribution is 4.83. The Hall–Kier alpha value is -0.120. The fraction of sp³-hybridized carbons (Fsp3) is 1.00. The monoisotopic (exact) mass is 254 g/mol. The van der Waals surface area contributed by atoms with E-state index < -0.39 is 0 Å². The molecule has 18 heavy (non-hydrogen) atoms. The highest BCUT2D eigenvalue weighted by Crippen LogP contribution is 2.21. The van der Waals surface area contributed by atoms with Gasteiger partial charge in [-0.2, -0.15) is 0 Å². The van der Waals surface area contributed by atoms with Crippen molar-refractivity contribution in [3.8, 4) is 0 Å². The molecular formula is C15H30N2O. The van der Waals surface area contributed by atoms with Gasteiger partial charge in [0.25, 0.3) is 0 Å². The predicted octanol–water partition coefficient (Wildman–Crippen LogP) is 2.27. The van der Waals surface area contributed by atoms with Crippen LogP contribution < -0.4 is 5.32 Å². The Morgan fingerprint density at radius 1 is 1.33 bits per heavy atom. The molecule has 0 aromatic carbocycles. The minimum Gasteiger partial charge on any atom is -0.378 e. The van der Waals surface area contributed by atoms with Crippen LogP contribution in [0, 0.1) is 5.92 Å². The maximum Gasteiger partial charge on any atom is 0.0576 e. The molecule has 0 saturated carbocycles. The SMILES string of the molecule is CCC1CN(CCCC2CCCO2)CCC1NC. The lowest BCUT2D eigenvalue weighted by Crippen LogP contribution is -2.48. The molecule has 0 aliphatic carbocycles. The zero-order valence-electron chi connectivity index (χ0n) is 12.2. The molecule has 3 unspecified atom stereocenters. The Morgan fingerprint density at radius 3 is 2.89 bits per heavy atom. The zero-order valence-corrected chi connectivity index (χ0v) is 12.2. The number of piperidine rings is 1. The Kier molecular flexibility index (Phi) is 5.93. The maximum absolute atomic E-state index is 5.69. The molecule has 2 aliphatic heterocycles. The van der Waals surface area contributed by atoms with Crippen LogP contribution in [0.2, 0.25) is 0 Å². The maximum atomic E-state index is 5.69. The van der Waals surface area contributed by atoms with Gasteiger partial charge in [0.2, 0.25) is 0 Å². The molecule has 0 aromatic rings. The number of nitrogens with zero attached hydrogens (tertiary/aromatic N) is 1. The molecule has 2 rings (SSSR count). The number of hydrogen-bond acceptors (Lipinski definition) is 3. The molecule has 2 fully saturated rings. The first-order valence-corrected chi connectivity index (χ1v) is 7.84. The number of likely N-dealkylation sites (tertiary alicyclic amines) is 1. The summed E-state index contributed by atoms with van der Waals surface area (Å²) in [6.07, 6.45) is 8.33. The number of rotatable bonds is 6. The van der Waals surface area contributed by atoms with E-state index in [4.69, 9.17) is 4.74 Å². The van der Waals surface area contributed by atoms with Crippen molar-refractivity contribution < 1.29 is 4.74 Å². The summed E-state index contributed by atoms with van der Waals surface area (Å²) in [4.78, 5) is 2.66. The van der Waals surface area contributed by atoms with Crippen LogP contribution in [0.15, 0.2) is 0 Å². The van der Waals surface area contributed by atoms with Gasteiger partial charge in [0.15, 0.2) is 0 Å². The van der Waals surface area contributed by atoms with E-state index in [0.717, 1.165) is 18.6 Å². The fourth-order valence-corrected chi connectivity index (χ4v) is 3.52. The summed E-state index contributed by atoms with van der Waals surface area (Å²) >= 11 is 0. The number of nitrogens with one attached hydrogen (secondary N) is 1. The first-order chi connectivity index (χ1) is 8.83. The first kappa shape index (κ1) is 14.3. The second kappa shape index (κ2) is 7.46. The fourth-order valence-electron chi connectivity index (χ4n) is 3.52. The van der Waals surface area contributed by atoms with Crippen LogP contribution in [-0.2, 0) is 4.74 Å². The summed E-state index contributed by atoms with van der Waals surface area (Å²) in [5.41, 5.74) is 0. The summed E-state index contributed by atoms with van der Waals surface area (Å²) in [5, 5.41) is 3.48. The van der Waals surface area contributed by atoms with E-state index in [1.54, 1.807) is 0 Å². The molecule has 0 aromatic heterocycles. The van der Waals surface area contributed by atoms with Gasteiger partial charge >= 0.3 is 0 Å². The third kappa shape index (κ3) is 3.94. The smallest absolute Gasteiger partial charge is 0.0576 e. The highest BCUT2D eigenvalue weighted by atomic mass is 16.5. The molecule has 3 nitrogen and oxygen atoms in total. The molecule has 106 valence electrons. The van der Waals surface area contributed by atoms with E-state index in [0.29, 0.717) is 6.10 Å². The third-order valence-corrected chi connectivity index (χ3v) is 4.74. The molecule has 0 amide bonds. The van der Waals surface area contributed by atoms with Crippen molar-refractivity contribution in [2.24, 2.45) is 5.92 Å². The topological polar surface area (TPSA) is 24.5 Å². The first-order valence-electron chi connectivity index (χ1n) is 7.84. The van der Waals surface area contributed by atoms with Crippen molar-refractivity contribution in [1.29, 1.82) is 0 Å². The van der Waals surface area contributed by atoms with E-state index in [1.165, 1.54) is 58.2 Å². The van der Waals surface area contributed by atoms with E-state index in [1.807, 2.05) is 0 Å². The van der Waals surface area contributed by atoms with Gasteiger partial charge in [0.05, 0.1) is 6.10 Å². The van der Waals surface area contributed by atoms with Gasteiger partial charge in [0, 0.05) is 19.2 Å². The van der Waals surface area contributed by atoms with Crippen LogP contribution in [0.4, 0.5) is 0 Å². The van der Waals surface area contributed by atoms with E-state index >= 15 is 0 Å². The number of hydrogen-bond donors (Lipinski definition) is 1. The average Bonchev–Trinajstić information content (AvgIpc) is 2.91. The van der Waals surface area contributed by atoms with Crippen LogP contribution in [0.3, 0.4) is 0 Å². The molecular weight excluding hydrogens is 224 g/mol. The third-order valence-electron chi connectivity index (χ3n) is 4.74. The highest BCUT2D eigenvalue weighted by Gasteiger charge is 2.26. The summed E-state index contributed by atoms with van der Waals surface area (Å²) in [7, 11) is 2.11. The summed E-state index contributed by atoms with van der Waals surface area (Å²) in [6, 6.07) is 0.740. The van der Waals surface area contributed by atoms with Gasteiger partial charge in [-0.25, -0.2) is 0 Å². The molecule has 2 aliphatic rings. The van der Waals surface area contributed by atoms with Crippen molar-refractivity contribution in [3.63, 3.8) is 0 Å². The quantitative estimate of drug-likeness (QED) is 0.787. The zero-order chi connectivity index (χ0) is 12.8. The second-order valence-corrected chi connectivity index (χ2v) is 5.93. The van der Waals surface area contributed by atoms with Gasteiger partial charge in [-0.3, -0.25) is 0 Å². The van der Waals surface area contributed by atoms with Gasteiger partial charge in [-0.05, 0) is 58.2 Å². The molecule has 1 N–H and O–H groups in total. The minimum atomic E-state index is 0.571. The van der Waals surface area contributed by atoms with E-state index in [9.17, 15) is 0 Å². The van der Waals surface area contributed by atoms with Crippen molar-refractivity contribution in [3.05, 3.63) is 0 Å². The number of ether oxygens (including phenoxy) is 1. The van der Waals surface area contributed by atoms with E-state index in [2.05, 4.69) is 24.2 Å². The Morgan fingerprint density at radius 2 is 2.22 bits per heavy atom. The van der Waals surface area contributed by atoms with Gasteiger partial charge in [-0.1, -0.05) is 13.3 Å². The largest absolute Gasteiger partial charge is 0.378 e.